The summed E-state index contributed by atoms with van der Waals surface area (Å²) in [5.74, 6) is -1.03. The molecule has 0 aromatic carbocycles. The molecule has 6 heteroatoms. The average Bonchev–Trinajstić information content (AvgIpc) is 2.01. The van der Waals surface area contributed by atoms with Crippen LogP contribution in [0.15, 0.2) is 27.5 Å². The van der Waals surface area contributed by atoms with Crippen LogP contribution in [0, 0.1) is 6.92 Å². The lowest BCUT2D eigenvalue weighted by molar-refractivity contribution is -0.131. The van der Waals surface area contributed by atoms with E-state index in [1.807, 2.05) is 0 Å². The number of hydrogen-bond acceptors (Lipinski definition) is 4. The minimum atomic E-state index is -1.03. The summed E-state index contributed by atoms with van der Waals surface area (Å²) in [6.07, 6.45) is 0.979. The van der Waals surface area contributed by atoms with Gasteiger partial charge in [-0.15, -0.1) is 0 Å². The Balaban J connectivity index is 2.77. The van der Waals surface area contributed by atoms with Crippen LogP contribution >= 0.6 is 11.8 Å². The second kappa shape index (κ2) is 4.61. The van der Waals surface area contributed by atoms with Crippen LogP contribution in [-0.4, -0.2) is 21.0 Å². The zero-order valence-corrected chi connectivity index (χ0v) is 8.17. The maximum absolute atomic E-state index is 11.0. The van der Waals surface area contributed by atoms with Crippen molar-refractivity contribution < 1.29 is 9.90 Å². The Morgan fingerprint density at radius 3 is 3.00 bits per heavy atom. The monoisotopic (exact) mass is 212 g/mol. The van der Waals surface area contributed by atoms with Crippen molar-refractivity contribution in [2.24, 2.45) is 0 Å². The first-order valence-electron chi connectivity index (χ1n) is 3.72. The summed E-state index contributed by atoms with van der Waals surface area (Å²) in [5, 5.41) is 10.0. The molecule has 0 unspecified atom stereocenters. The highest BCUT2D eigenvalue weighted by Crippen LogP contribution is 2.11. The Hall–Kier alpha value is -1.56. The van der Waals surface area contributed by atoms with Crippen molar-refractivity contribution >= 4 is 17.7 Å². The molecular weight excluding hydrogens is 204 g/mol. The largest absolute Gasteiger partial charge is 0.478 e. The fourth-order valence-corrected chi connectivity index (χ4v) is 1.43. The van der Waals surface area contributed by atoms with Crippen molar-refractivity contribution in [3.63, 3.8) is 0 Å². The van der Waals surface area contributed by atoms with Gasteiger partial charge in [0.05, 0.1) is 0 Å². The summed E-state index contributed by atoms with van der Waals surface area (Å²) in [7, 11) is 0. The van der Waals surface area contributed by atoms with Crippen LogP contribution in [0.2, 0.25) is 0 Å². The van der Waals surface area contributed by atoms with E-state index in [4.69, 9.17) is 5.11 Å². The third-order valence-corrected chi connectivity index (χ3v) is 1.93. The van der Waals surface area contributed by atoms with Crippen LogP contribution in [0.5, 0.6) is 0 Å². The fourth-order valence-electron chi connectivity index (χ4n) is 0.764. The van der Waals surface area contributed by atoms with Crippen LogP contribution < -0.4 is 5.56 Å². The predicted octanol–water partition coefficient (Wildman–Crippen LogP) is 0.769. The van der Waals surface area contributed by atoms with Gasteiger partial charge >= 0.3 is 5.97 Å². The minimum absolute atomic E-state index is 0.247. The SMILES string of the molecule is Cc1cc(=O)[nH]c(SC=CC(=O)O)n1. The Kier molecular flexibility index (Phi) is 3.47. The van der Waals surface area contributed by atoms with Gasteiger partial charge in [-0.2, -0.15) is 0 Å². The first-order chi connectivity index (χ1) is 6.58. The van der Waals surface area contributed by atoms with Crippen LogP contribution in [0.25, 0.3) is 0 Å². The summed E-state index contributed by atoms with van der Waals surface area (Å²) in [4.78, 5) is 27.6. The van der Waals surface area contributed by atoms with E-state index in [1.54, 1.807) is 6.92 Å². The number of aliphatic carboxylic acids is 1. The quantitative estimate of drug-likeness (QED) is 0.439. The molecule has 0 saturated heterocycles. The number of aromatic nitrogens is 2. The molecular formula is C8H8N2O3S. The third kappa shape index (κ3) is 3.44. The molecule has 2 N–H and O–H groups in total. The average molecular weight is 212 g/mol. The topological polar surface area (TPSA) is 83.0 Å². The van der Waals surface area contributed by atoms with E-state index < -0.39 is 5.97 Å². The van der Waals surface area contributed by atoms with E-state index in [0.717, 1.165) is 17.8 Å². The van der Waals surface area contributed by atoms with Gasteiger partial charge in [-0.1, -0.05) is 11.8 Å². The molecule has 0 saturated carbocycles. The van der Waals surface area contributed by atoms with Gasteiger partial charge in [0, 0.05) is 17.8 Å². The minimum Gasteiger partial charge on any atom is -0.478 e. The molecule has 0 fully saturated rings. The molecule has 0 spiro atoms. The maximum atomic E-state index is 11.0. The zero-order valence-electron chi connectivity index (χ0n) is 7.35. The second-order valence-electron chi connectivity index (χ2n) is 2.45. The van der Waals surface area contributed by atoms with Gasteiger partial charge in [-0.05, 0) is 12.3 Å². The van der Waals surface area contributed by atoms with Crippen molar-refractivity contribution in [3.05, 3.63) is 33.6 Å². The van der Waals surface area contributed by atoms with Crippen molar-refractivity contribution in [3.8, 4) is 0 Å². The molecule has 5 nitrogen and oxygen atoms in total. The molecule has 0 aliphatic heterocycles. The number of nitrogens with one attached hydrogen (secondary N) is 1. The maximum Gasteiger partial charge on any atom is 0.328 e. The van der Waals surface area contributed by atoms with E-state index in [2.05, 4.69) is 9.97 Å². The van der Waals surface area contributed by atoms with Gasteiger partial charge in [0.2, 0.25) is 0 Å². The Morgan fingerprint density at radius 1 is 1.71 bits per heavy atom. The van der Waals surface area contributed by atoms with E-state index >= 15 is 0 Å². The highest BCUT2D eigenvalue weighted by Gasteiger charge is 1.96. The number of H-pyrrole nitrogens is 1. The molecule has 0 bridgehead atoms. The fraction of sp³-hybridized carbons (Fsp3) is 0.125. The summed E-state index contributed by atoms with van der Waals surface area (Å²) in [6, 6.07) is 1.37. The molecule has 0 aliphatic rings. The Labute approximate surface area is 83.9 Å². The molecule has 74 valence electrons. The molecule has 1 heterocycles. The Morgan fingerprint density at radius 2 is 2.43 bits per heavy atom. The van der Waals surface area contributed by atoms with Gasteiger partial charge in [0.25, 0.3) is 5.56 Å². The van der Waals surface area contributed by atoms with E-state index in [9.17, 15) is 9.59 Å². The lowest BCUT2D eigenvalue weighted by atomic mass is 10.5. The number of aryl methyl sites for hydroxylation is 1. The van der Waals surface area contributed by atoms with Crippen molar-refractivity contribution in [2.75, 3.05) is 0 Å². The second-order valence-corrected chi connectivity index (χ2v) is 3.35. The number of thioether (sulfide) groups is 1. The molecule has 1 aromatic heterocycles. The first kappa shape index (κ1) is 10.5. The third-order valence-electron chi connectivity index (χ3n) is 1.24. The first-order valence-corrected chi connectivity index (χ1v) is 4.60. The number of carboxylic acid groups (broad SMARTS) is 1. The molecule has 1 aromatic rings. The molecule has 0 amide bonds. The number of nitrogens with zero attached hydrogens (tertiary/aromatic N) is 1. The van der Waals surface area contributed by atoms with Crippen LogP contribution in [0.4, 0.5) is 0 Å². The van der Waals surface area contributed by atoms with Crippen LogP contribution in [-0.2, 0) is 4.79 Å². The highest BCUT2D eigenvalue weighted by molar-refractivity contribution is 8.02. The van der Waals surface area contributed by atoms with Crippen molar-refractivity contribution in [1.29, 1.82) is 0 Å². The standard InChI is InChI=1S/C8H8N2O3S/c1-5-4-6(11)10-8(9-5)14-3-2-7(12)13/h2-4H,1H3,(H,12,13)(H,9,10,11). The number of carbonyl (C=O) groups is 1. The van der Waals surface area contributed by atoms with Gasteiger partial charge in [0.15, 0.2) is 5.16 Å². The summed E-state index contributed by atoms with van der Waals surface area (Å²) < 4.78 is 0. The molecule has 0 atom stereocenters. The van der Waals surface area contributed by atoms with Crippen molar-refractivity contribution in [1.82, 2.24) is 9.97 Å². The number of rotatable bonds is 3. The van der Waals surface area contributed by atoms with Gasteiger partial charge in [-0.3, -0.25) is 4.79 Å². The van der Waals surface area contributed by atoms with E-state index in [-0.39, 0.29) is 5.56 Å². The molecule has 0 radical (unpaired) electrons. The van der Waals surface area contributed by atoms with Crippen LogP contribution in [0.1, 0.15) is 5.69 Å². The Bertz CT molecular complexity index is 425. The predicted molar refractivity (Wildman–Crippen MR) is 52.2 cm³/mol. The lowest BCUT2D eigenvalue weighted by Gasteiger charge is -1.95. The van der Waals surface area contributed by atoms with Crippen LogP contribution in [0.3, 0.4) is 0 Å². The number of carboxylic acids is 1. The van der Waals surface area contributed by atoms with Gasteiger partial charge in [0.1, 0.15) is 0 Å². The number of aromatic amines is 1. The van der Waals surface area contributed by atoms with Crippen molar-refractivity contribution in [2.45, 2.75) is 12.1 Å². The molecule has 14 heavy (non-hydrogen) atoms. The highest BCUT2D eigenvalue weighted by atomic mass is 32.2. The van der Waals surface area contributed by atoms with E-state index in [0.29, 0.717) is 10.9 Å². The summed E-state index contributed by atoms with van der Waals surface area (Å²) in [6.45, 7) is 1.69. The van der Waals surface area contributed by atoms with Gasteiger partial charge < -0.3 is 10.1 Å². The molecule has 1 rings (SSSR count). The summed E-state index contributed by atoms with van der Waals surface area (Å²) >= 11 is 1.05. The molecule has 0 aliphatic carbocycles. The van der Waals surface area contributed by atoms with Gasteiger partial charge in [-0.25, -0.2) is 9.78 Å². The lowest BCUT2D eigenvalue weighted by Crippen LogP contribution is -2.07. The normalized spacial score (nSPS) is 10.6. The summed E-state index contributed by atoms with van der Waals surface area (Å²) in [5.41, 5.74) is 0.351. The van der Waals surface area contributed by atoms with E-state index in [1.165, 1.54) is 11.5 Å². The smallest absolute Gasteiger partial charge is 0.328 e. The zero-order chi connectivity index (χ0) is 10.6. The number of hydrogen-bond donors (Lipinski definition) is 2.